The Labute approximate surface area is 198 Å². The number of aromatic nitrogens is 1. The first kappa shape index (κ1) is 27.1. The lowest BCUT2D eigenvalue weighted by Gasteiger charge is -2.39. The van der Waals surface area contributed by atoms with E-state index in [0.717, 1.165) is 26.0 Å². The number of nitrogens with one attached hydrogen (secondary N) is 3. The van der Waals surface area contributed by atoms with Gasteiger partial charge in [-0.05, 0) is 37.3 Å². The van der Waals surface area contributed by atoms with Crippen molar-refractivity contribution in [2.24, 2.45) is 16.3 Å². The van der Waals surface area contributed by atoms with Crippen LogP contribution in [0.3, 0.4) is 0 Å². The zero-order chi connectivity index (χ0) is 21.3. The third kappa shape index (κ3) is 8.64. The first-order valence-electron chi connectivity index (χ1n) is 10.3. The molecule has 0 amide bonds. The summed E-state index contributed by atoms with van der Waals surface area (Å²) in [7, 11) is -3.55. The zero-order valence-electron chi connectivity index (χ0n) is 18.3. The first-order chi connectivity index (χ1) is 13.7. The molecule has 1 saturated heterocycles. The maximum Gasteiger partial charge on any atom is 0.242 e. The van der Waals surface area contributed by atoms with Crippen LogP contribution < -0.4 is 15.4 Å². The quantitative estimate of drug-likeness (QED) is 0.198. The van der Waals surface area contributed by atoms with Crippen molar-refractivity contribution in [3.05, 3.63) is 24.5 Å². The predicted octanol–water partition coefficient (Wildman–Crippen LogP) is 2.37. The average molecular weight is 554 g/mol. The van der Waals surface area contributed by atoms with Gasteiger partial charge in [0.1, 0.15) is 4.90 Å². The molecule has 8 nitrogen and oxygen atoms in total. The van der Waals surface area contributed by atoms with Gasteiger partial charge in [0.15, 0.2) is 5.96 Å². The van der Waals surface area contributed by atoms with Crippen molar-refractivity contribution in [1.82, 2.24) is 20.3 Å². The molecule has 3 N–H and O–H groups in total. The molecule has 2 unspecified atom stereocenters. The summed E-state index contributed by atoms with van der Waals surface area (Å²) in [4.78, 5) is 8.73. The lowest BCUT2D eigenvalue weighted by Crippen LogP contribution is -2.44. The number of hydrogen-bond donors (Lipinski definition) is 3. The van der Waals surface area contributed by atoms with Crippen molar-refractivity contribution in [1.29, 1.82) is 0 Å². The minimum atomic E-state index is -3.55. The van der Waals surface area contributed by atoms with E-state index in [1.54, 1.807) is 12.3 Å². The molecule has 1 aromatic rings. The molecule has 2 heterocycles. The second kappa shape index (κ2) is 12.8. The molecule has 1 aromatic heterocycles. The number of aliphatic imine (C=N–C) groups is 1. The molecule has 0 saturated carbocycles. The van der Waals surface area contributed by atoms with Gasteiger partial charge in [0, 0.05) is 51.1 Å². The monoisotopic (exact) mass is 553 g/mol. The second-order valence-corrected chi connectivity index (χ2v) is 10.1. The van der Waals surface area contributed by atoms with Gasteiger partial charge in [0.25, 0.3) is 0 Å². The Morgan fingerprint density at radius 2 is 2.07 bits per heavy atom. The third-order valence-corrected chi connectivity index (χ3v) is 6.23. The van der Waals surface area contributed by atoms with E-state index in [0.29, 0.717) is 25.0 Å². The van der Waals surface area contributed by atoms with Crippen LogP contribution in [0.4, 0.5) is 0 Å². The Morgan fingerprint density at radius 1 is 1.30 bits per heavy atom. The number of rotatable bonds is 8. The van der Waals surface area contributed by atoms with E-state index in [1.807, 2.05) is 6.92 Å². The number of ether oxygens (including phenoxy) is 1. The Morgan fingerprint density at radius 3 is 2.70 bits per heavy atom. The van der Waals surface area contributed by atoms with Crippen LogP contribution in [0.25, 0.3) is 0 Å². The van der Waals surface area contributed by atoms with Gasteiger partial charge in [0.05, 0.1) is 6.10 Å². The molecule has 0 bridgehead atoms. The van der Waals surface area contributed by atoms with Crippen molar-refractivity contribution in [2.45, 2.75) is 51.5 Å². The summed E-state index contributed by atoms with van der Waals surface area (Å²) in [6.45, 7) is 11.5. The van der Waals surface area contributed by atoms with Crippen LogP contribution in [0.15, 0.2) is 34.4 Å². The Bertz CT molecular complexity index is 753. The van der Waals surface area contributed by atoms with Gasteiger partial charge in [-0.25, -0.2) is 13.1 Å². The summed E-state index contributed by atoms with van der Waals surface area (Å²) in [5.41, 5.74) is 0.0803. The van der Waals surface area contributed by atoms with Crippen molar-refractivity contribution in [3.8, 4) is 0 Å². The van der Waals surface area contributed by atoms with Gasteiger partial charge in [0.2, 0.25) is 10.0 Å². The second-order valence-electron chi connectivity index (χ2n) is 8.29. The number of halogens is 1. The van der Waals surface area contributed by atoms with E-state index in [2.05, 4.69) is 41.1 Å². The van der Waals surface area contributed by atoms with E-state index in [-0.39, 0.29) is 46.9 Å². The summed E-state index contributed by atoms with van der Waals surface area (Å²) < 4.78 is 33.1. The summed E-state index contributed by atoms with van der Waals surface area (Å²) >= 11 is 0. The molecule has 0 aliphatic carbocycles. The van der Waals surface area contributed by atoms with E-state index < -0.39 is 10.0 Å². The smallest absolute Gasteiger partial charge is 0.242 e. The van der Waals surface area contributed by atoms with E-state index in [1.165, 1.54) is 12.3 Å². The zero-order valence-corrected chi connectivity index (χ0v) is 21.5. The number of nitrogens with zero attached hydrogens (tertiary/aromatic N) is 2. The van der Waals surface area contributed by atoms with Crippen molar-refractivity contribution in [2.75, 3.05) is 32.8 Å². The molecule has 0 aromatic carbocycles. The molecule has 2 rings (SSSR count). The minimum absolute atomic E-state index is 0. The van der Waals surface area contributed by atoms with Crippen molar-refractivity contribution >= 4 is 40.0 Å². The molecular formula is C20H36IN5O3S. The lowest BCUT2D eigenvalue weighted by molar-refractivity contribution is -0.0823. The van der Waals surface area contributed by atoms with Crippen LogP contribution in [0.5, 0.6) is 0 Å². The van der Waals surface area contributed by atoms with Crippen LogP contribution in [-0.4, -0.2) is 58.3 Å². The highest BCUT2D eigenvalue weighted by Gasteiger charge is 2.35. The minimum Gasteiger partial charge on any atom is -0.377 e. The summed E-state index contributed by atoms with van der Waals surface area (Å²) in [6.07, 6.45) is 5.23. The fourth-order valence-corrected chi connectivity index (χ4v) is 4.49. The van der Waals surface area contributed by atoms with Gasteiger partial charge < -0.3 is 15.4 Å². The largest absolute Gasteiger partial charge is 0.377 e. The standard InChI is InChI=1S/C20H35N5O3S.HI/c1-5-22-19(24-14-16-8-7-13-28-18(16)20(2,3)4)23-11-12-25-29(26,27)17-9-6-10-21-15-17;/h6,9-10,15-16,18,25H,5,7-8,11-14H2,1-4H3,(H2,22,23,24);1H. The summed E-state index contributed by atoms with van der Waals surface area (Å²) in [5, 5.41) is 6.41. The molecule has 1 fully saturated rings. The highest BCUT2D eigenvalue weighted by molar-refractivity contribution is 14.0. The van der Waals surface area contributed by atoms with Gasteiger partial charge in [-0.1, -0.05) is 20.8 Å². The number of sulfonamides is 1. The Kier molecular flexibility index (Phi) is 11.5. The first-order valence-corrected chi connectivity index (χ1v) is 11.8. The number of pyridine rings is 1. The van der Waals surface area contributed by atoms with E-state index in [9.17, 15) is 8.42 Å². The SMILES string of the molecule is CCNC(=NCC1CCCOC1C(C)(C)C)NCCNS(=O)(=O)c1cccnc1.I. The molecule has 1 aliphatic heterocycles. The maximum absolute atomic E-state index is 12.2. The van der Waals surface area contributed by atoms with Crippen LogP contribution in [-0.2, 0) is 14.8 Å². The predicted molar refractivity (Wildman–Crippen MR) is 131 cm³/mol. The lowest BCUT2D eigenvalue weighted by atomic mass is 9.78. The summed E-state index contributed by atoms with van der Waals surface area (Å²) in [5.74, 6) is 1.06. The highest BCUT2D eigenvalue weighted by atomic mass is 127. The molecule has 2 atom stereocenters. The molecule has 10 heteroatoms. The van der Waals surface area contributed by atoms with Gasteiger partial charge in [-0.15, -0.1) is 24.0 Å². The molecular weight excluding hydrogens is 517 g/mol. The van der Waals surface area contributed by atoms with Crippen LogP contribution >= 0.6 is 24.0 Å². The average Bonchev–Trinajstić information content (AvgIpc) is 2.69. The van der Waals surface area contributed by atoms with Gasteiger partial charge in [-0.2, -0.15) is 0 Å². The van der Waals surface area contributed by atoms with Gasteiger partial charge >= 0.3 is 0 Å². The number of hydrogen-bond acceptors (Lipinski definition) is 5. The van der Waals surface area contributed by atoms with E-state index in [4.69, 9.17) is 9.73 Å². The summed E-state index contributed by atoms with van der Waals surface area (Å²) in [6, 6.07) is 3.12. The Balaban J connectivity index is 0.00000450. The van der Waals surface area contributed by atoms with Crippen molar-refractivity contribution < 1.29 is 13.2 Å². The fourth-order valence-electron chi connectivity index (χ4n) is 3.49. The van der Waals surface area contributed by atoms with Crippen LogP contribution in [0.2, 0.25) is 0 Å². The molecule has 172 valence electrons. The van der Waals surface area contributed by atoms with Crippen LogP contribution in [0.1, 0.15) is 40.5 Å². The van der Waals surface area contributed by atoms with E-state index >= 15 is 0 Å². The maximum atomic E-state index is 12.2. The normalized spacial score (nSPS) is 20.3. The Hall–Kier alpha value is -0.980. The van der Waals surface area contributed by atoms with Gasteiger partial charge in [-0.3, -0.25) is 9.98 Å². The molecule has 30 heavy (non-hydrogen) atoms. The topological polar surface area (TPSA) is 105 Å². The molecule has 0 spiro atoms. The highest BCUT2D eigenvalue weighted by Crippen LogP contribution is 2.34. The molecule has 0 radical (unpaired) electrons. The van der Waals surface area contributed by atoms with Crippen LogP contribution in [0, 0.1) is 11.3 Å². The molecule has 1 aliphatic rings. The third-order valence-electron chi connectivity index (χ3n) is 4.78. The fraction of sp³-hybridized carbons (Fsp3) is 0.700. The van der Waals surface area contributed by atoms with Crippen molar-refractivity contribution in [3.63, 3.8) is 0 Å². The number of guanidine groups is 1.